The minimum atomic E-state index is -0.603. The summed E-state index contributed by atoms with van der Waals surface area (Å²) in [5, 5.41) is 17.8. The summed E-state index contributed by atoms with van der Waals surface area (Å²) in [6, 6.07) is 10.6. The van der Waals surface area contributed by atoms with Gasteiger partial charge in [-0.2, -0.15) is 0 Å². The largest absolute Gasteiger partial charge is 0.360 e. The van der Waals surface area contributed by atoms with Crippen LogP contribution in [0, 0.1) is 15.9 Å². The van der Waals surface area contributed by atoms with Crippen LogP contribution in [0.4, 0.5) is 27.4 Å². The fraction of sp³-hybridized carbons (Fsp3) is 0.0588. The highest BCUT2D eigenvalue weighted by atomic mass is 35.5. The van der Waals surface area contributed by atoms with E-state index in [9.17, 15) is 14.5 Å². The first-order valence-corrected chi connectivity index (χ1v) is 8.40. The molecule has 7 nitrogen and oxygen atoms in total. The van der Waals surface area contributed by atoms with E-state index in [4.69, 9.17) is 23.2 Å². The third-order valence-electron chi connectivity index (χ3n) is 3.58. The van der Waals surface area contributed by atoms with E-state index < -0.39 is 4.92 Å². The Morgan fingerprint density at radius 1 is 1.07 bits per heavy atom. The molecule has 0 aliphatic rings. The molecule has 3 aromatic rings. The van der Waals surface area contributed by atoms with Crippen molar-refractivity contribution in [3.8, 4) is 0 Å². The van der Waals surface area contributed by atoms with Crippen molar-refractivity contribution < 1.29 is 9.31 Å². The van der Waals surface area contributed by atoms with Crippen LogP contribution in [0.25, 0.3) is 0 Å². The number of nitrogens with one attached hydrogen (secondary N) is 2. The van der Waals surface area contributed by atoms with Gasteiger partial charge in [-0.05, 0) is 29.8 Å². The summed E-state index contributed by atoms with van der Waals surface area (Å²) in [6.45, 7) is 0.218. The smallest absolute Gasteiger partial charge is 0.353 e. The van der Waals surface area contributed by atoms with Crippen molar-refractivity contribution >= 4 is 46.2 Å². The lowest BCUT2D eigenvalue weighted by Crippen LogP contribution is -2.08. The Bertz CT molecular complexity index is 986. The van der Waals surface area contributed by atoms with Crippen LogP contribution >= 0.6 is 23.2 Å². The predicted molar refractivity (Wildman–Crippen MR) is 102 cm³/mol. The summed E-state index contributed by atoms with van der Waals surface area (Å²) < 4.78 is 13.0. The summed E-state index contributed by atoms with van der Waals surface area (Å²) >= 11 is 12.1. The summed E-state index contributed by atoms with van der Waals surface area (Å²) in [4.78, 5) is 18.9. The first-order valence-electron chi connectivity index (χ1n) is 7.64. The minimum absolute atomic E-state index is 0.0139. The van der Waals surface area contributed by atoms with Crippen molar-refractivity contribution in [2.24, 2.45) is 0 Å². The van der Waals surface area contributed by atoms with Gasteiger partial charge in [0.2, 0.25) is 11.6 Å². The van der Waals surface area contributed by atoms with Crippen LogP contribution in [0.5, 0.6) is 0 Å². The molecule has 27 heavy (non-hydrogen) atoms. The number of benzene rings is 2. The van der Waals surface area contributed by atoms with Crippen LogP contribution in [0.1, 0.15) is 5.56 Å². The van der Waals surface area contributed by atoms with Gasteiger partial charge in [-0.1, -0.05) is 41.4 Å². The number of nitro groups is 1. The van der Waals surface area contributed by atoms with Gasteiger partial charge in [0.15, 0.2) is 0 Å². The van der Waals surface area contributed by atoms with Gasteiger partial charge in [0.1, 0.15) is 12.1 Å². The van der Waals surface area contributed by atoms with E-state index in [1.54, 1.807) is 30.3 Å². The molecule has 1 aromatic heterocycles. The van der Waals surface area contributed by atoms with Crippen LogP contribution in [0.3, 0.4) is 0 Å². The second-order valence-electron chi connectivity index (χ2n) is 5.38. The average molecular weight is 408 g/mol. The van der Waals surface area contributed by atoms with Crippen molar-refractivity contribution in [3.05, 3.63) is 80.3 Å². The molecule has 0 bridgehead atoms. The maximum absolute atomic E-state index is 13.0. The van der Waals surface area contributed by atoms with Crippen LogP contribution < -0.4 is 10.6 Å². The van der Waals surface area contributed by atoms with E-state index in [0.717, 1.165) is 5.56 Å². The quantitative estimate of drug-likeness (QED) is 0.431. The van der Waals surface area contributed by atoms with Gasteiger partial charge in [-0.25, -0.2) is 14.4 Å². The van der Waals surface area contributed by atoms with Gasteiger partial charge in [-0.15, -0.1) is 0 Å². The van der Waals surface area contributed by atoms with E-state index in [1.165, 1.54) is 18.5 Å². The molecule has 138 valence electrons. The lowest BCUT2D eigenvalue weighted by molar-refractivity contribution is -0.383. The number of rotatable bonds is 6. The molecule has 1 heterocycles. The molecule has 2 N–H and O–H groups in total. The van der Waals surface area contributed by atoms with E-state index in [2.05, 4.69) is 20.6 Å². The first-order chi connectivity index (χ1) is 13.0. The van der Waals surface area contributed by atoms with Crippen molar-refractivity contribution in [1.82, 2.24) is 9.97 Å². The third kappa shape index (κ3) is 4.42. The van der Waals surface area contributed by atoms with Gasteiger partial charge < -0.3 is 10.6 Å². The third-order valence-corrected chi connectivity index (χ3v) is 4.40. The van der Waals surface area contributed by atoms with E-state index in [0.29, 0.717) is 10.7 Å². The first kappa shape index (κ1) is 18.8. The topological polar surface area (TPSA) is 93.0 Å². The zero-order valence-corrected chi connectivity index (χ0v) is 15.1. The van der Waals surface area contributed by atoms with Gasteiger partial charge >= 0.3 is 5.69 Å². The van der Waals surface area contributed by atoms with Gasteiger partial charge in [-0.3, -0.25) is 10.1 Å². The summed E-state index contributed by atoms with van der Waals surface area (Å²) in [5.41, 5.74) is 0.753. The molecular formula is C17H12Cl2FN5O2. The second-order valence-corrected chi connectivity index (χ2v) is 6.17. The molecule has 0 fully saturated rings. The van der Waals surface area contributed by atoms with Gasteiger partial charge in [0.05, 0.1) is 20.7 Å². The fourth-order valence-electron chi connectivity index (χ4n) is 2.29. The van der Waals surface area contributed by atoms with E-state index in [1.807, 2.05) is 0 Å². The van der Waals surface area contributed by atoms with Crippen LogP contribution in [0.15, 0.2) is 48.8 Å². The highest BCUT2D eigenvalue weighted by Gasteiger charge is 2.23. The summed E-state index contributed by atoms with van der Waals surface area (Å²) in [5.74, 6) is -0.391. The number of halogens is 3. The lowest BCUT2D eigenvalue weighted by atomic mass is 10.2. The zero-order valence-electron chi connectivity index (χ0n) is 13.6. The highest BCUT2D eigenvalue weighted by Crippen LogP contribution is 2.35. The molecule has 0 radical (unpaired) electrons. The van der Waals surface area contributed by atoms with E-state index >= 15 is 0 Å². The number of hydrogen-bond donors (Lipinski definition) is 2. The Balaban J connectivity index is 1.89. The average Bonchev–Trinajstić information content (AvgIpc) is 2.65. The van der Waals surface area contributed by atoms with Crippen molar-refractivity contribution in [1.29, 1.82) is 0 Å². The van der Waals surface area contributed by atoms with Crippen molar-refractivity contribution in [2.75, 3.05) is 10.6 Å². The molecule has 0 saturated heterocycles. The Morgan fingerprint density at radius 3 is 2.48 bits per heavy atom. The lowest BCUT2D eigenvalue weighted by Gasteiger charge is -2.11. The van der Waals surface area contributed by atoms with Gasteiger partial charge in [0.25, 0.3) is 0 Å². The standard InChI is InChI=1S/C17H12Cl2FN5O2/c18-12-2-1-3-13(14(12)19)24-17-15(25(26)27)16(22-9-23-17)21-8-10-4-6-11(20)7-5-10/h1-7,9H,8H2,(H2,21,22,23,24). The molecule has 3 rings (SSSR count). The Kier molecular flexibility index (Phi) is 5.68. The van der Waals surface area contributed by atoms with Crippen LogP contribution in [-0.2, 0) is 6.54 Å². The molecular weight excluding hydrogens is 396 g/mol. The molecule has 10 heteroatoms. The molecule has 0 saturated carbocycles. The summed E-state index contributed by atoms with van der Waals surface area (Å²) in [7, 11) is 0. The molecule has 0 atom stereocenters. The highest BCUT2D eigenvalue weighted by molar-refractivity contribution is 6.43. The maximum Gasteiger partial charge on any atom is 0.353 e. The minimum Gasteiger partial charge on any atom is -0.360 e. The Labute approximate surface area is 163 Å². The molecule has 0 amide bonds. The predicted octanol–water partition coefficient (Wildman–Crippen LogP) is 5.19. The molecule has 0 spiro atoms. The SMILES string of the molecule is O=[N+]([O-])c1c(NCc2ccc(F)cc2)ncnc1Nc1cccc(Cl)c1Cl. The van der Waals surface area contributed by atoms with E-state index in [-0.39, 0.29) is 34.7 Å². The number of nitrogens with zero attached hydrogens (tertiary/aromatic N) is 3. The van der Waals surface area contributed by atoms with Crippen molar-refractivity contribution in [2.45, 2.75) is 6.54 Å². The molecule has 0 unspecified atom stereocenters. The van der Waals surface area contributed by atoms with Gasteiger partial charge in [0, 0.05) is 6.54 Å². The monoisotopic (exact) mass is 407 g/mol. The van der Waals surface area contributed by atoms with Crippen LogP contribution in [0.2, 0.25) is 10.0 Å². The number of anilines is 3. The summed E-state index contributed by atoms with van der Waals surface area (Å²) in [6.07, 6.45) is 1.18. The Hall–Kier alpha value is -2.97. The Morgan fingerprint density at radius 2 is 1.78 bits per heavy atom. The van der Waals surface area contributed by atoms with Crippen molar-refractivity contribution in [3.63, 3.8) is 0 Å². The zero-order chi connectivity index (χ0) is 19.4. The number of hydrogen-bond acceptors (Lipinski definition) is 6. The second kappa shape index (κ2) is 8.15. The fourth-order valence-corrected chi connectivity index (χ4v) is 2.64. The molecule has 2 aromatic carbocycles. The van der Waals surface area contributed by atoms with Crippen LogP contribution in [-0.4, -0.2) is 14.9 Å². The molecule has 0 aliphatic carbocycles. The molecule has 0 aliphatic heterocycles. The normalized spacial score (nSPS) is 10.5. The number of aromatic nitrogens is 2. The maximum atomic E-state index is 13.0.